The molecule has 360 valence electrons. The van der Waals surface area contributed by atoms with Crippen molar-refractivity contribution < 1.29 is 28.6 Å². The number of rotatable bonds is 46. The molecule has 0 aromatic rings. The zero-order valence-corrected chi connectivity index (χ0v) is 41.1. The molecule has 0 saturated heterocycles. The van der Waals surface area contributed by atoms with Crippen molar-refractivity contribution in [2.45, 2.75) is 245 Å². The van der Waals surface area contributed by atoms with E-state index >= 15 is 0 Å². The highest BCUT2D eigenvalue weighted by Gasteiger charge is 2.19. The van der Waals surface area contributed by atoms with Gasteiger partial charge in [0.15, 0.2) is 6.10 Å². The second-order valence-electron chi connectivity index (χ2n) is 17.1. The molecule has 63 heavy (non-hydrogen) atoms. The molecule has 1 unspecified atom stereocenters. The summed E-state index contributed by atoms with van der Waals surface area (Å²) in [6.45, 7) is 6.39. The zero-order valence-electron chi connectivity index (χ0n) is 41.1. The first-order chi connectivity index (χ1) is 31.0. The van der Waals surface area contributed by atoms with Crippen LogP contribution in [-0.2, 0) is 28.6 Å². The third-order valence-electron chi connectivity index (χ3n) is 10.9. The molecule has 0 heterocycles. The Kier molecular flexibility index (Phi) is 48.5. The van der Waals surface area contributed by atoms with Gasteiger partial charge in [-0.1, -0.05) is 234 Å². The van der Waals surface area contributed by atoms with Crippen molar-refractivity contribution in [1.82, 2.24) is 0 Å². The Hall–Kier alpha value is -3.41. The fraction of sp³-hybridized carbons (Fsp3) is 0.702. The van der Waals surface area contributed by atoms with Crippen LogP contribution in [0.3, 0.4) is 0 Å². The molecule has 0 bridgehead atoms. The van der Waals surface area contributed by atoms with Crippen molar-refractivity contribution in [3.8, 4) is 0 Å². The topological polar surface area (TPSA) is 78.9 Å². The third-order valence-corrected chi connectivity index (χ3v) is 10.9. The molecule has 0 fully saturated rings. The van der Waals surface area contributed by atoms with E-state index in [0.717, 1.165) is 83.5 Å². The van der Waals surface area contributed by atoms with E-state index < -0.39 is 12.1 Å². The second kappa shape index (κ2) is 51.2. The lowest BCUT2D eigenvalue weighted by Crippen LogP contribution is -2.30. The molecule has 0 aliphatic heterocycles. The smallest absolute Gasteiger partial charge is 0.306 e. The van der Waals surface area contributed by atoms with E-state index in [1.807, 2.05) is 12.2 Å². The first kappa shape index (κ1) is 59.6. The normalized spacial score (nSPS) is 12.7. The van der Waals surface area contributed by atoms with Crippen LogP contribution in [0.5, 0.6) is 0 Å². The molecule has 0 aliphatic carbocycles. The van der Waals surface area contributed by atoms with Gasteiger partial charge in [0.1, 0.15) is 13.2 Å². The van der Waals surface area contributed by atoms with Crippen molar-refractivity contribution in [2.24, 2.45) is 0 Å². The lowest BCUT2D eigenvalue weighted by Gasteiger charge is -2.18. The summed E-state index contributed by atoms with van der Waals surface area (Å²) in [5.41, 5.74) is 0. The highest BCUT2D eigenvalue weighted by atomic mass is 16.6. The molecule has 0 aliphatic rings. The molecule has 0 spiro atoms. The highest BCUT2D eigenvalue weighted by Crippen LogP contribution is 2.15. The molecular formula is C57H96O6. The summed E-state index contributed by atoms with van der Waals surface area (Å²) in [5, 5.41) is 0. The number of carbonyl (C=O) groups is 3. The van der Waals surface area contributed by atoms with Crippen molar-refractivity contribution >= 4 is 17.9 Å². The van der Waals surface area contributed by atoms with Gasteiger partial charge in [0.2, 0.25) is 0 Å². The van der Waals surface area contributed by atoms with Gasteiger partial charge in [0.25, 0.3) is 0 Å². The van der Waals surface area contributed by atoms with Gasteiger partial charge in [0, 0.05) is 19.3 Å². The maximum absolute atomic E-state index is 12.8. The Morgan fingerprint density at radius 1 is 0.349 bits per heavy atom. The van der Waals surface area contributed by atoms with Crippen molar-refractivity contribution in [3.05, 3.63) is 85.1 Å². The lowest BCUT2D eigenvalue weighted by molar-refractivity contribution is -0.166. The predicted molar refractivity (Wildman–Crippen MR) is 270 cm³/mol. The van der Waals surface area contributed by atoms with E-state index in [9.17, 15) is 14.4 Å². The van der Waals surface area contributed by atoms with Crippen LogP contribution in [0.25, 0.3) is 0 Å². The quantitative estimate of drug-likeness (QED) is 0.0199. The zero-order chi connectivity index (χ0) is 45.8. The summed E-state index contributed by atoms with van der Waals surface area (Å²) >= 11 is 0. The molecule has 1 atom stereocenters. The van der Waals surface area contributed by atoms with E-state index in [1.165, 1.54) is 109 Å². The first-order valence-corrected chi connectivity index (χ1v) is 26.1. The molecule has 0 amide bonds. The molecule has 0 radical (unpaired) electrons. The first-order valence-electron chi connectivity index (χ1n) is 26.1. The monoisotopic (exact) mass is 877 g/mol. The Morgan fingerprint density at radius 2 is 0.714 bits per heavy atom. The number of hydrogen-bond acceptors (Lipinski definition) is 6. The van der Waals surface area contributed by atoms with Crippen LogP contribution in [0.2, 0.25) is 0 Å². The second-order valence-corrected chi connectivity index (χ2v) is 17.1. The molecule has 0 aromatic carbocycles. The lowest BCUT2D eigenvalue weighted by atomic mass is 10.0. The maximum Gasteiger partial charge on any atom is 0.306 e. The van der Waals surface area contributed by atoms with E-state index in [0.29, 0.717) is 19.3 Å². The average Bonchev–Trinajstić information content (AvgIpc) is 3.28. The van der Waals surface area contributed by atoms with Gasteiger partial charge in [-0.15, -0.1) is 0 Å². The fourth-order valence-electron chi connectivity index (χ4n) is 7.00. The number of unbranched alkanes of at least 4 members (excludes halogenated alkanes) is 22. The Balaban J connectivity index is 4.46. The van der Waals surface area contributed by atoms with E-state index in [4.69, 9.17) is 14.2 Å². The van der Waals surface area contributed by atoms with Crippen LogP contribution >= 0.6 is 0 Å². The fourth-order valence-corrected chi connectivity index (χ4v) is 7.00. The van der Waals surface area contributed by atoms with Gasteiger partial charge in [-0.05, 0) is 70.6 Å². The Morgan fingerprint density at radius 3 is 1.14 bits per heavy atom. The van der Waals surface area contributed by atoms with Gasteiger partial charge in [-0.2, -0.15) is 0 Å². The number of carbonyl (C=O) groups excluding carboxylic acids is 3. The van der Waals surface area contributed by atoms with E-state index in [1.54, 1.807) is 0 Å². The van der Waals surface area contributed by atoms with Crippen LogP contribution < -0.4 is 0 Å². The number of hydrogen-bond donors (Lipinski definition) is 0. The molecule has 0 saturated carbocycles. The number of allylic oxidation sites excluding steroid dienone is 14. The highest BCUT2D eigenvalue weighted by molar-refractivity contribution is 5.71. The summed E-state index contributed by atoms with van der Waals surface area (Å²) in [4.78, 5) is 37.9. The largest absolute Gasteiger partial charge is 0.462 e. The molecule has 0 N–H and O–H groups in total. The average molecular weight is 877 g/mol. The summed E-state index contributed by atoms with van der Waals surface area (Å²) in [5.74, 6) is -1.03. The summed E-state index contributed by atoms with van der Waals surface area (Å²) in [6, 6.07) is 0. The molecule has 0 aromatic heterocycles. The van der Waals surface area contributed by atoms with Gasteiger partial charge in [-0.25, -0.2) is 0 Å². The minimum absolute atomic E-state index is 0.113. The molecular weight excluding hydrogens is 781 g/mol. The minimum Gasteiger partial charge on any atom is -0.462 e. The Bertz CT molecular complexity index is 1240. The standard InChI is InChI=1S/C57H96O6/c1-4-7-10-13-16-19-22-24-26-28-29-31-32-35-38-41-44-47-50-56(59)62-53-54(52-61-55(58)49-46-43-40-37-34-21-18-15-12-9-6-3)63-57(60)51-48-45-42-39-36-33-30-27-25-23-20-17-14-11-8-5-2/h8,11,15,17-18,20-21,25,27,33-34,36,42,45,54H,4-7,9-10,12-14,16,19,22-24,26,28-32,35,37-41,43-44,46-53H2,1-3H3/b11-8-,18-15-,20-17-,27-25-,34-21-,36-33-,45-42-. The summed E-state index contributed by atoms with van der Waals surface area (Å²) < 4.78 is 16.7. The van der Waals surface area contributed by atoms with Crippen molar-refractivity contribution in [2.75, 3.05) is 13.2 Å². The summed E-state index contributed by atoms with van der Waals surface area (Å²) in [6.07, 6.45) is 65.9. The van der Waals surface area contributed by atoms with Gasteiger partial charge >= 0.3 is 17.9 Å². The van der Waals surface area contributed by atoms with Crippen LogP contribution in [0, 0.1) is 0 Å². The Labute approximate surface area is 388 Å². The van der Waals surface area contributed by atoms with Gasteiger partial charge in [-0.3, -0.25) is 14.4 Å². The van der Waals surface area contributed by atoms with Crippen molar-refractivity contribution in [1.29, 1.82) is 0 Å². The van der Waals surface area contributed by atoms with Crippen molar-refractivity contribution in [3.63, 3.8) is 0 Å². The number of esters is 3. The van der Waals surface area contributed by atoms with Gasteiger partial charge < -0.3 is 14.2 Å². The summed E-state index contributed by atoms with van der Waals surface area (Å²) in [7, 11) is 0. The third kappa shape index (κ3) is 49.5. The van der Waals surface area contributed by atoms with Gasteiger partial charge in [0.05, 0.1) is 0 Å². The van der Waals surface area contributed by atoms with Crippen LogP contribution in [0.1, 0.15) is 239 Å². The van der Waals surface area contributed by atoms with E-state index in [-0.39, 0.29) is 31.6 Å². The van der Waals surface area contributed by atoms with Crippen LogP contribution in [-0.4, -0.2) is 37.2 Å². The molecule has 6 heteroatoms. The molecule has 0 rings (SSSR count). The SMILES string of the molecule is CC/C=C\C/C=C\C/C=C\C/C=C\C/C=C\CCC(=O)OC(COC(=O)CCCCC/C=C\C=C/CCCC)COC(=O)CCCCCCCCCCCCCCCCCCCC. The predicted octanol–water partition coefficient (Wildman–Crippen LogP) is 17.2. The van der Waals surface area contributed by atoms with E-state index in [2.05, 4.69) is 93.7 Å². The maximum atomic E-state index is 12.8. The molecule has 6 nitrogen and oxygen atoms in total. The van der Waals surface area contributed by atoms with Crippen LogP contribution in [0.4, 0.5) is 0 Å². The minimum atomic E-state index is -0.824. The number of ether oxygens (including phenoxy) is 3. The van der Waals surface area contributed by atoms with Crippen LogP contribution in [0.15, 0.2) is 85.1 Å².